The largest absolute Gasteiger partial charge is 0.480 e. The number of rotatable bonds is 6. The van der Waals surface area contributed by atoms with Crippen LogP contribution < -0.4 is 5.32 Å². The number of nitrogens with zero attached hydrogens (tertiary/aromatic N) is 1. The lowest BCUT2D eigenvalue weighted by Crippen LogP contribution is -2.33. The second-order valence-electron chi connectivity index (χ2n) is 7.72. The number of carboxylic acids is 1. The van der Waals surface area contributed by atoms with Crippen LogP contribution in [0.2, 0.25) is 0 Å². The third kappa shape index (κ3) is 3.52. The van der Waals surface area contributed by atoms with Gasteiger partial charge in [-0.2, -0.15) is 0 Å². The molecule has 1 aliphatic heterocycles. The highest BCUT2D eigenvalue weighted by Gasteiger charge is 2.29. The predicted molar refractivity (Wildman–Crippen MR) is 117 cm³/mol. The lowest BCUT2D eigenvalue weighted by Gasteiger charge is -2.17. The molecule has 0 saturated carbocycles. The lowest BCUT2D eigenvalue weighted by atomic mass is 9.90. The van der Waals surface area contributed by atoms with Crippen LogP contribution in [0.15, 0.2) is 48.5 Å². The quantitative estimate of drug-likeness (QED) is 0.655. The molecule has 5 heteroatoms. The van der Waals surface area contributed by atoms with Crippen molar-refractivity contribution in [2.45, 2.75) is 39.7 Å². The molecule has 0 bridgehead atoms. The van der Waals surface area contributed by atoms with Gasteiger partial charge in [-0.25, -0.2) is 0 Å². The van der Waals surface area contributed by atoms with Gasteiger partial charge in [0.15, 0.2) is 0 Å². The molecule has 0 atom stereocenters. The standard InChI is InChI=1S/C25H26N2O3/c1-3-17-8-4-6-10-19(17)20-11-7-5-9-18(20)14-21-16(2)27(15-23(28)29)22-12-13-26-25(30)24(21)22/h4-11H,3,12-15H2,1-2H3,(H,26,30)(H,28,29). The van der Waals surface area contributed by atoms with Crippen LogP contribution in [-0.4, -0.2) is 28.1 Å². The smallest absolute Gasteiger partial charge is 0.323 e. The third-order valence-electron chi connectivity index (χ3n) is 6.00. The van der Waals surface area contributed by atoms with Gasteiger partial charge in [0.25, 0.3) is 5.91 Å². The number of benzene rings is 2. The molecule has 1 amide bonds. The fourth-order valence-corrected chi connectivity index (χ4v) is 4.55. The summed E-state index contributed by atoms with van der Waals surface area (Å²) in [6, 6.07) is 16.7. The highest BCUT2D eigenvalue weighted by Crippen LogP contribution is 2.33. The Morgan fingerprint density at radius 2 is 1.70 bits per heavy atom. The van der Waals surface area contributed by atoms with Gasteiger partial charge in [-0.15, -0.1) is 0 Å². The van der Waals surface area contributed by atoms with Crippen LogP contribution >= 0.6 is 0 Å². The number of aliphatic carboxylic acids is 1. The first-order valence-corrected chi connectivity index (χ1v) is 10.4. The molecule has 1 aromatic heterocycles. The van der Waals surface area contributed by atoms with Crippen molar-refractivity contribution in [1.29, 1.82) is 0 Å². The molecule has 1 aliphatic rings. The van der Waals surface area contributed by atoms with Gasteiger partial charge in [0.2, 0.25) is 0 Å². The van der Waals surface area contributed by atoms with E-state index in [-0.39, 0.29) is 12.5 Å². The van der Waals surface area contributed by atoms with Crippen LogP contribution in [0, 0.1) is 6.92 Å². The third-order valence-corrected chi connectivity index (χ3v) is 6.00. The minimum absolute atomic E-state index is 0.107. The molecule has 0 aliphatic carbocycles. The summed E-state index contributed by atoms with van der Waals surface area (Å²) < 4.78 is 1.80. The predicted octanol–water partition coefficient (Wildman–Crippen LogP) is 3.99. The van der Waals surface area contributed by atoms with Gasteiger partial charge in [0, 0.05) is 30.8 Å². The first kappa shape index (κ1) is 20.0. The zero-order valence-electron chi connectivity index (χ0n) is 17.4. The number of aromatic nitrogens is 1. The number of fused-ring (bicyclic) bond motifs is 1. The molecule has 0 fully saturated rings. The fraction of sp³-hybridized carbons (Fsp3) is 0.280. The summed E-state index contributed by atoms with van der Waals surface area (Å²) in [6.07, 6.45) is 2.17. The van der Waals surface area contributed by atoms with E-state index in [1.54, 1.807) is 4.57 Å². The van der Waals surface area contributed by atoms with Crippen molar-refractivity contribution in [2.24, 2.45) is 0 Å². The van der Waals surface area contributed by atoms with E-state index in [4.69, 9.17) is 0 Å². The Bertz CT molecular complexity index is 1130. The van der Waals surface area contributed by atoms with Crippen molar-refractivity contribution in [3.63, 3.8) is 0 Å². The van der Waals surface area contributed by atoms with Gasteiger partial charge in [-0.1, -0.05) is 55.5 Å². The normalized spacial score (nSPS) is 13.1. The van der Waals surface area contributed by atoms with Crippen LogP contribution in [0.4, 0.5) is 0 Å². The summed E-state index contributed by atoms with van der Waals surface area (Å²) in [5.74, 6) is -1.00. The lowest BCUT2D eigenvalue weighted by molar-refractivity contribution is -0.137. The first-order chi connectivity index (χ1) is 14.5. The van der Waals surface area contributed by atoms with E-state index < -0.39 is 5.97 Å². The summed E-state index contributed by atoms with van der Waals surface area (Å²) in [5, 5.41) is 12.3. The van der Waals surface area contributed by atoms with Crippen molar-refractivity contribution >= 4 is 11.9 Å². The molecule has 30 heavy (non-hydrogen) atoms. The first-order valence-electron chi connectivity index (χ1n) is 10.4. The minimum Gasteiger partial charge on any atom is -0.480 e. The summed E-state index contributed by atoms with van der Waals surface area (Å²) in [4.78, 5) is 24.2. The van der Waals surface area contributed by atoms with E-state index >= 15 is 0 Å². The summed E-state index contributed by atoms with van der Waals surface area (Å²) in [6.45, 7) is 4.49. The number of carbonyl (C=O) groups excluding carboxylic acids is 1. The monoisotopic (exact) mass is 402 g/mol. The maximum Gasteiger partial charge on any atom is 0.323 e. The number of carbonyl (C=O) groups is 2. The van der Waals surface area contributed by atoms with Gasteiger partial charge < -0.3 is 15.0 Å². The van der Waals surface area contributed by atoms with E-state index in [0.29, 0.717) is 24.9 Å². The molecule has 0 radical (unpaired) electrons. The Morgan fingerprint density at radius 3 is 2.37 bits per heavy atom. The molecule has 0 saturated heterocycles. The van der Waals surface area contributed by atoms with Crippen molar-refractivity contribution in [1.82, 2.24) is 9.88 Å². The zero-order chi connectivity index (χ0) is 21.3. The maximum absolute atomic E-state index is 12.7. The SMILES string of the molecule is CCc1ccccc1-c1ccccc1Cc1c2c(n(CC(=O)O)c1C)CCNC2=O. The summed E-state index contributed by atoms with van der Waals surface area (Å²) in [7, 11) is 0. The van der Waals surface area contributed by atoms with Crippen LogP contribution in [0.3, 0.4) is 0 Å². The average molecular weight is 402 g/mol. The number of amides is 1. The summed E-state index contributed by atoms with van der Waals surface area (Å²) in [5.41, 5.74) is 8.04. The van der Waals surface area contributed by atoms with E-state index in [1.807, 2.05) is 19.1 Å². The van der Waals surface area contributed by atoms with Crippen LogP contribution in [0.5, 0.6) is 0 Å². The molecule has 5 nitrogen and oxygen atoms in total. The highest BCUT2D eigenvalue weighted by molar-refractivity contribution is 5.98. The van der Waals surface area contributed by atoms with Gasteiger partial charge in [0.05, 0.1) is 5.56 Å². The molecular weight excluding hydrogens is 376 g/mol. The van der Waals surface area contributed by atoms with Crippen LogP contribution in [0.25, 0.3) is 11.1 Å². The van der Waals surface area contributed by atoms with Gasteiger partial charge in [-0.3, -0.25) is 9.59 Å². The van der Waals surface area contributed by atoms with Gasteiger partial charge >= 0.3 is 5.97 Å². The van der Waals surface area contributed by atoms with Crippen molar-refractivity contribution in [3.05, 3.63) is 82.2 Å². The number of carboxylic acid groups (broad SMARTS) is 1. The van der Waals surface area contributed by atoms with Crippen molar-refractivity contribution in [3.8, 4) is 11.1 Å². The summed E-state index contributed by atoms with van der Waals surface area (Å²) >= 11 is 0. The van der Waals surface area contributed by atoms with Crippen molar-refractivity contribution in [2.75, 3.05) is 6.54 Å². The van der Waals surface area contributed by atoms with Crippen LogP contribution in [-0.2, 0) is 30.6 Å². The molecule has 3 aromatic rings. The number of nitrogens with one attached hydrogen (secondary N) is 1. The molecule has 4 rings (SSSR count). The van der Waals surface area contributed by atoms with E-state index in [2.05, 4.69) is 48.6 Å². The maximum atomic E-state index is 12.7. The molecular formula is C25H26N2O3. The average Bonchev–Trinajstić information content (AvgIpc) is 3.00. The second-order valence-corrected chi connectivity index (χ2v) is 7.72. The van der Waals surface area contributed by atoms with Gasteiger partial charge in [-0.05, 0) is 41.2 Å². The Morgan fingerprint density at radius 1 is 1.07 bits per heavy atom. The Kier molecular flexibility index (Phi) is 5.44. The molecule has 154 valence electrons. The molecule has 2 aromatic carbocycles. The Hall–Kier alpha value is -3.34. The van der Waals surface area contributed by atoms with E-state index in [0.717, 1.165) is 34.5 Å². The molecule has 2 N–H and O–H groups in total. The molecule has 2 heterocycles. The van der Waals surface area contributed by atoms with Gasteiger partial charge in [0.1, 0.15) is 6.54 Å². The Balaban J connectivity index is 1.84. The zero-order valence-corrected chi connectivity index (χ0v) is 17.4. The fourth-order valence-electron chi connectivity index (χ4n) is 4.55. The van der Waals surface area contributed by atoms with Crippen LogP contribution in [0.1, 0.15) is 45.4 Å². The molecule has 0 spiro atoms. The second kappa shape index (κ2) is 8.19. The number of aryl methyl sites for hydroxylation is 1. The Labute approximate surface area is 176 Å². The highest BCUT2D eigenvalue weighted by atomic mass is 16.4. The van der Waals surface area contributed by atoms with E-state index in [9.17, 15) is 14.7 Å². The number of hydrogen-bond acceptors (Lipinski definition) is 2. The van der Waals surface area contributed by atoms with Crippen molar-refractivity contribution < 1.29 is 14.7 Å². The van der Waals surface area contributed by atoms with E-state index in [1.165, 1.54) is 11.1 Å². The topological polar surface area (TPSA) is 71.3 Å². The minimum atomic E-state index is -0.897. The number of hydrogen-bond donors (Lipinski definition) is 2. The molecule has 0 unspecified atom stereocenters.